The molecule has 1 N–H and O–H groups in total. The second-order valence-electron chi connectivity index (χ2n) is 7.14. The van der Waals surface area contributed by atoms with E-state index in [1.165, 1.54) is 6.07 Å². The summed E-state index contributed by atoms with van der Waals surface area (Å²) < 4.78 is 25.1. The average Bonchev–Trinajstić information content (AvgIpc) is 3.48. The Morgan fingerprint density at radius 3 is 2.57 bits per heavy atom. The van der Waals surface area contributed by atoms with Crippen molar-refractivity contribution in [2.24, 2.45) is 5.92 Å². The number of benzene rings is 2. The van der Waals surface area contributed by atoms with Crippen LogP contribution in [0.25, 0.3) is 11.5 Å². The number of carbonyl (C=O) groups excluding carboxylic acids is 1. The smallest absolute Gasteiger partial charge is 0.338 e. The summed E-state index contributed by atoms with van der Waals surface area (Å²) in [5, 5.41) is 12.8. The Morgan fingerprint density at radius 2 is 1.97 bits per heavy atom. The van der Waals surface area contributed by atoms with Crippen LogP contribution in [0.5, 0.6) is 5.75 Å². The molecule has 1 aromatic heterocycles. The van der Waals surface area contributed by atoms with Crippen molar-refractivity contribution in [2.75, 3.05) is 0 Å². The first-order valence-electron chi connectivity index (χ1n) is 9.64. The zero-order valence-electron chi connectivity index (χ0n) is 16.2. The highest BCUT2D eigenvalue weighted by atomic mass is 19.1. The number of Topliss-reactive ketones (excluding diaryl/α,β-unsaturated/α-hetero) is 1. The van der Waals surface area contributed by atoms with Gasteiger partial charge < -0.3 is 14.4 Å². The van der Waals surface area contributed by atoms with Gasteiger partial charge in [-0.3, -0.25) is 4.79 Å². The largest absolute Gasteiger partial charge is 0.482 e. The number of carboxylic acids is 1. The summed E-state index contributed by atoms with van der Waals surface area (Å²) in [6, 6.07) is 10.6. The second kappa shape index (κ2) is 8.06. The molecule has 0 spiro atoms. The lowest BCUT2D eigenvalue weighted by Gasteiger charge is -2.14. The summed E-state index contributed by atoms with van der Waals surface area (Å²) >= 11 is 0. The van der Waals surface area contributed by atoms with Crippen LogP contribution in [0, 0.1) is 11.7 Å². The molecule has 0 amide bonds. The van der Waals surface area contributed by atoms with Crippen molar-refractivity contribution < 1.29 is 28.3 Å². The van der Waals surface area contributed by atoms with E-state index in [-0.39, 0.29) is 29.0 Å². The number of halogens is 1. The van der Waals surface area contributed by atoms with Crippen molar-refractivity contribution in [3.8, 4) is 17.2 Å². The summed E-state index contributed by atoms with van der Waals surface area (Å²) in [4.78, 5) is 27.3. The van der Waals surface area contributed by atoms with Gasteiger partial charge in [0.15, 0.2) is 11.9 Å². The molecule has 1 heterocycles. The van der Waals surface area contributed by atoms with Crippen LogP contribution in [-0.4, -0.2) is 27.0 Å². The van der Waals surface area contributed by atoms with Gasteiger partial charge in [0.25, 0.3) is 5.89 Å². The minimum Gasteiger partial charge on any atom is -0.482 e. The van der Waals surface area contributed by atoms with Gasteiger partial charge in [0.1, 0.15) is 11.6 Å². The maximum atomic E-state index is 13.9. The van der Waals surface area contributed by atoms with Crippen LogP contribution in [0.1, 0.15) is 58.8 Å². The van der Waals surface area contributed by atoms with Gasteiger partial charge in [-0.1, -0.05) is 12.1 Å². The molecule has 1 aliphatic rings. The van der Waals surface area contributed by atoms with E-state index in [2.05, 4.69) is 10.1 Å². The minimum absolute atomic E-state index is 0.0632. The Morgan fingerprint density at radius 1 is 1.23 bits per heavy atom. The molecule has 3 aromatic rings. The number of hydrogen-bond donors (Lipinski definition) is 1. The van der Waals surface area contributed by atoms with Crippen LogP contribution >= 0.6 is 0 Å². The monoisotopic (exact) mass is 410 g/mol. The molecule has 0 aliphatic heterocycles. The summed E-state index contributed by atoms with van der Waals surface area (Å²) in [7, 11) is 0. The zero-order valence-corrected chi connectivity index (χ0v) is 16.2. The van der Waals surface area contributed by atoms with Crippen LogP contribution in [0.2, 0.25) is 0 Å². The average molecular weight is 410 g/mol. The summed E-state index contributed by atoms with van der Waals surface area (Å²) in [5.74, 6) is -0.998. The fraction of sp³-hybridized carbons (Fsp3) is 0.273. The van der Waals surface area contributed by atoms with Gasteiger partial charge in [0, 0.05) is 17.0 Å². The van der Waals surface area contributed by atoms with E-state index in [1.54, 1.807) is 24.3 Å². The normalized spacial score (nSPS) is 14.3. The second-order valence-corrected chi connectivity index (χ2v) is 7.14. The highest BCUT2D eigenvalue weighted by Crippen LogP contribution is 2.33. The molecule has 2 aromatic carbocycles. The van der Waals surface area contributed by atoms with E-state index in [4.69, 9.17) is 14.4 Å². The third kappa shape index (κ3) is 4.07. The Labute approximate surface area is 171 Å². The Kier molecular flexibility index (Phi) is 5.31. The first-order chi connectivity index (χ1) is 14.5. The standard InChI is InChI=1S/C22H19FN2O5/c1-2-18(29-15-8-5-13(6-9-15)19(26)12-3-4-12)20-24-21(30-25-20)14-7-10-16(22(27)28)17(23)11-14/h5-12,18H,2-4H2,1H3,(H,27,28)/t18-/m1/s1. The number of aromatic nitrogens is 2. The van der Waals surface area contributed by atoms with Gasteiger partial charge in [0.05, 0.1) is 5.56 Å². The number of carboxylic acid groups (broad SMARTS) is 1. The van der Waals surface area contributed by atoms with Crippen LogP contribution in [0.15, 0.2) is 47.0 Å². The number of ketones is 1. The molecule has 7 nitrogen and oxygen atoms in total. The van der Waals surface area contributed by atoms with E-state index in [0.717, 1.165) is 25.0 Å². The predicted molar refractivity (Wildman–Crippen MR) is 104 cm³/mol. The van der Waals surface area contributed by atoms with Gasteiger partial charge in [-0.25, -0.2) is 9.18 Å². The Hall–Kier alpha value is -3.55. The molecule has 1 saturated carbocycles. The highest BCUT2D eigenvalue weighted by Gasteiger charge is 2.30. The molecule has 30 heavy (non-hydrogen) atoms. The van der Waals surface area contributed by atoms with Crippen LogP contribution in [0.4, 0.5) is 4.39 Å². The molecule has 1 aliphatic carbocycles. The number of aromatic carboxylic acids is 1. The minimum atomic E-state index is -1.35. The van der Waals surface area contributed by atoms with E-state index < -0.39 is 23.5 Å². The van der Waals surface area contributed by atoms with Crippen molar-refractivity contribution in [1.82, 2.24) is 10.1 Å². The van der Waals surface area contributed by atoms with Crippen LogP contribution < -0.4 is 4.74 Å². The lowest BCUT2D eigenvalue weighted by molar-refractivity contribution is 0.0691. The number of ether oxygens (including phenoxy) is 1. The van der Waals surface area contributed by atoms with Gasteiger partial charge >= 0.3 is 5.97 Å². The summed E-state index contributed by atoms with van der Waals surface area (Å²) in [6.07, 6.45) is 1.96. The Balaban J connectivity index is 1.49. The third-order valence-corrected chi connectivity index (χ3v) is 4.91. The van der Waals surface area contributed by atoms with Gasteiger partial charge in [-0.2, -0.15) is 4.98 Å². The molecular formula is C22H19FN2O5. The zero-order chi connectivity index (χ0) is 21.3. The third-order valence-electron chi connectivity index (χ3n) is 4.91. The first kappa shape index (κ1) is 19.8. The van der Waals surface area contributed by atoms with Crippen molar-refractivity contribution in [1.29, 1.82) is 0 Å². The van der Waals surface area contributed by atoms with E-state index >= 15 is 0 Å². The summed E-state index contributed by atoms with van der Waals surface area (Å²) in [6.45, 7) is 1.90. The molecule has 0 bridgehead atoms. The molecule has 0 saturated heterocycles. The molecule has 4 rings (SSSR count). The number of carbonyl (C=O) groups is 2. The van der Waals surface area contributed by atoms with Crippen LogP contribution in [0.3, 0.4) is 0 Å². The first-order valence-corrected chi connectivity index (χ1v) is 9.64. The fourth-order valence-electron chi connectivity index (χ4n) is 3.07. The number of rotatable bonds is 8. The highest BCUT2D eigenvalue weighted by molar-refractivity contribution is 5.99. The lowest BCUT2D eigenvalue weighted by Crippen LogP contribution is -2.09. The van der Waals surface area contributed by atoms with Gasteiger partial charge in [-0.15, -0.1) is 0 Å². The maximum absolute atomic E-state index is 13.9. The number of hydrogen-bond acceptors (Lipinski definition) is 6. The Bertz CT molecular complexity index is 1090. The molecule has 1 fully saturated rings. The van der Waals surface area contributed by atoms with Crippen LogP contribution in [-0.2, 0) is 0 Å². The van der Waals surface area contributed by atoms with Gasteiger partial charge in [-0.05, 0) is 61.7 Å². The lowest BCUT2D eigenvalue weighted by atomic mass is 10.1. The van der Waals surface area contributed by atoms with Crippen molar-refractivity contribution >= 4 is 11.8 Å². The van der Waals surface area contributed by atoms with E-state index in [9.17, 15) is 14.0 Å². The summed E-state index contributed by atoms with van der Waals surface area (Å²) in [5.41, 5.74) is 0.512. The van der Waals surface area contributed by atoms with Gasteiger partial charge in [0.2, 0.25) is 5.82 Å². The molecule has 0 unspecified atom stereocenters. The molecule has 1 atom stereocenters. The molecular weight excluding hydrogens is 391 g/mol. The predicted octanol–water partition coefficient (Wildman–Crippen LogP) is 4.70. The fourth-order valence-corrected chi connectivity index (χ4v) is 3.07. The molecule has 8 heteroatoms. The van der Waals surface area contributed by atoms with Crippen molar-refractivity contribution in [3.05, 3.63) is 65.2 Å². The SMILES string of the molecule is CC[C@@H](Oc1ccc(C(=O)C2CC2)cc1)c1noc(-c2ccc(C(=O)O)c(F)c2)n1. The van der Waals surface area contributed by atoms with Crippen molar-refractivity contribution in [2.45, 2.75) is 32.3 Å². The topological polar surface area (TPSA) is 103 Å². The van der Waals surface area contributed by atoms with E-state index in [0.29, 0.717) is 17.7 Å². The molecule has 0 radical (unpaired) electrons. The van der Waals surface area contributed by atoms with Crippen molar-refractivity contribution in [3.63, 3.8) is 0 Å². The van der Waals surface area contributed by atoms with E-state index in [1.807, 2.05) is 6.92 Å². The maximum Gasteiger partial charge on any atom is 0.338 e. The molecule has 154 valence electrons. The quantitative estimate of drug-likeness (QED) is 0.537. The number of nitrogens with zero attached hydrogens (tertiary/aromatic N) is 2.